The third-order valence-corrected chi connectivity index (χ3v) is 2.96. The van der Waals surface area contributed by atoms with E-state index >= 15 is 0 Å². The average Bonchev–Trinajstić information content (AvgIpc) is 2.47. The molecule has 0 unspecified atom stereocenters. The van der Waals surface area contributed by atoms with Gasteiger partial charge in [-0.05, 0) is 55.0 Å². The van der Waals surface area contributed by atoms with E-state index in [0.717, 1.165) is 6.07 Å². The second kappa shape index (κ2) is 6.09. The molecule has 0 saturated heterocycles. The van der Waals surface area contributed by atoms with Gasteiger partial charge in [0.1, 0.15) is 5.82 Å². The van der Waals surface area contributed by atoms with Crippen LogP contribution in [0.1, 0.15) is 27.2 Å². The second-order valence-electron chi connectivity index (χ2n) is 4.63. The van der Waals surface area contributed by atoms with E-state index in [0.29, 0.717) is 17.3 Å². The largest absolute Gasteiger partial charge is 0.417 e. The summed E-state index contributed by atoms with van der Waals surface area (Å²) >= 11 is 0. The Kier molecular flexibility index (Phi) is 4.40. The molecule has 0 N–H and O–H groups in total. The molecular formula is C16H11F4NO. The molecule has 0 amide bonds. The fraction of sp³-hybridized carbons (Fsp3) is 0.125. The van der Waals surface area contributed by atoms with E-state index in [4.69, 9.17) is 0 Å². The van der Waals surface area contributed by atoms with Gasteiger partial charge in [0.15, 0.2) is 5.78 Å². The Morgan fingerprint density at radius 2 is 1.91 bits per heavy atom. The van der Waals surface area contributed by atoms with E-state index in [-0.39, 0.29) is 11.5 Å². The summed E-state index contributed by atoms with van der Waals surface area (Å²) in [5.41, 5.74) is -0.000661. The molecule has 1 heterocycles. The van der Waals surface area contributed by atoms with E-state index < -0.39 is 17.6 Å². The molecule has 0 atom stereocenters. The SMILES string of the molecule is Cc1cc(C(=O)C=Cc2ccc(C(F)(F)F)cn2)ccc1F. The summed E-state index contributed by atoms with van der Waals surface area (Å²) in [6.45, 7) is 1.53. The fourth-order valence-corrected chi connectivity index (χ4v) is 1.73. The highest BCUT2D eigenvalue weighted by Gasteiger charge is 2.30. The Morgan fingerprint density at radius 1 is 1.18 bits per heavy atom. The molecule has 0 aliphatic rings. The maximum absolute atomic E-state index is 13.1. The molecule has 0 radical (unpaired) electrons. The molecule has 6 heteroatoms. The van der Waals surface area contributed by atoms with Crippen molar-refractivity contribution in [3.05, 3.63) is 70.8 Å². The number of hydrogen-bond acceptors (Lipinski definition) is 2. The first kappa shape index (κ1) is 15.9. The zero-order chi connectivity index (χ0) is 16.3. The minimum absolute atomic E-state index is 0.222. The van der Waals surface area contributed by atoms with Crippen LogP contribution >= 0.6 is 0 Å². The number of nitrogens with zero attached hydrogens (tertiary/aromatic N) is 1. The minimum Gasteiger partial charge on any atom is -0.289 e. The highest BCUT2D eigenvalue weighted by molar-refractivity contribution is 6.06. The van der Waals surface area contributed by atoms with Gasteiger partial charge in [-0.1, -0.05) is 0 Å². The van der Waals surface area contributed by atoms with Crippen molar-refractivity contribution in [1.29, 1.82) is 0 Å². The highest BCUT2D eigenvalue weighted by atomic mass is 19.4. The number of benzene rings is 1. The van der Waals surface area contributed by atoms with Gasteiger partial charge in [-0.2, -0.15) is 13.2 Å². The van der Waals surface area contributed by atoms with Crippen molar-refractivity contribution in [2.45, 2.75) is 13.1 Å². The normalized spacial score (nSPS) is 11.9. The summed E-state index contributed by atoms with van der Waals surface area (Å²) in [4.78, 5) is 15.5. The number of carbonyl (C=O) groups is 1. The van der Waals surface area contributed by atoms with Gasteiger partial charge >= 0.3 is 6.18 Å². The minimum atomic E-state index is -4.45. The van der Waals surface area contributed by atoms with Crippen LogP contribution in [0.2, 0.25) is 0 Å². The van der Waals surface area contributed by atoms with Crippen molar-refractivity contribution in [2.24, 2.45) is 0 Å². The maximum atomic E-state index is 13.1. The van der Waals surface area contributed by atoms with Crippen LogP contribution in [0, 0.1) is 12.7 Å². The lowest BCUT2D eigenvalue weighted by atomic mass is 10.1. The van der Waals surface area contributed by atoms with Gasteiger partial charge in [0.05, 0.1) is 11.3 Å². The zero-order valence-electron chi connectivity index (χ0n) is 11.5. The van der Waals surface area contributed by atoms with Gasteiger partial charge in [-0.15, -0.1) is 0 Å². The molecule has 2 aromatic rings. The van der Waals surface area contributed by atoms with Gasteiger partial charge in [0.2, 0.25) is 0 Å². The van der Waals surface area contributed by atoms with Crippen molar-refractivity contribution in [3.8, 4) is 0 Å². The van der Waals surface area contributed by atoms with Gasteiger partial charge < -0.3 is 0 Å². The Labute approximate surface area is 124 Å². The Morgan fingerprint density at radius 3 is 2.45 bits per heavy atom. The number of pyridine rings is 1. The van der Waals surface area contributed by atoms with Crippen molar-refractivity contribution >= 4 is 11.9 Å². The summed E-state index contributed by atoms with van der Waals surface area (Å²) in [7, 11) is 0. The molecular weight excluding hydrogens is 298 g/mol. The first-order valence-corrected chi connectivity index (χ1v) is 6.29. The topological polar surface area (TPSA) is 30.0 Å². The van der Waals surface area contributed by atoms with E-state index in [1.165, 1.54) is 43.3 Å². The van der Waals surface area contributed by atoms with Crippen molar-refractivity contribution in [2.75, 3.05) is 0 Å². The molecule has 2 rings (SSSR count). The van der Waals surface area contributed by atoms with Gasteiger partial charge in [0.25, 0.3) is 0 Å². The summed E-state index contributed by atoms with van der Waals surface area (Å²) in [6.07, 6.45) is -1.26. The van der Waals surface area contributed by atoms with E-state index in [1.54, 1.807) is 0 Å². The summed E-state index contributed by atoms with van der Waals surface area (Å²) in [5.74, 6) is -0.797. The number of ketones is 1. The standard InChI is InChI=1S/C16H11F4NO/c1-10-8-11(2-6-14(10)17)15(22)7-5-13-4-3-12(9-21-13)16(18,19)20/h2-9H,1H3. The zero-order valence-corrected chi connectivity index (χ0v) is 11.5. The number of carbonyl (C=O) groups excluding carboxylic acids is 1. The van der Waals surface area contributed by atoms with Gasteiger partial charge in [0, 0.05) is 11.8 Å². The number of aromatic nitrogens is 1. The molecule has 1 aromatic heterocycles. The molecule has 2 nitrogen and oxygen atoms in total. The van der Waals surface area contributed by atoms with Crippen LogP contribution in [-0.4, -0.2) is 10.8 Å². The first-order chi connectivity index (χ1) is 10.3. The summed E-state index contributed by atoms with van der Waals surface area (Å²) < 4.78 is 50.3. The Hall–Kier alpha value is -2.50. The van der Waals surface area contributed by atoms with Crippen LogP contribution in [0.3, 0.4) is 0 Å². The van der Waals surface area contributed by atoms with E-state index in [2.05, 4.69) is 4.98 Å². The van der Waals surface area contributed by atoms with Crippen molar-refractivity contribution in [3.63, 3.8) is 0 Å². The molecule has 0 spiro atoms. The fourth-order valence-electron chi connectivity index (χ4n) is 1.73. The van der Waals surface area contributed by atoms with Gasteiger partial charge in [-0.25, -0.2) is 4.39 Å². The number of aryl methyl sites for hydroxylation is 1. The van der Waals surface area contributed by atoms with Crippen molar-refractivity contribution < 1.29 is 22.4 Å². The lowest BCUT2D eigenvalue weighted by molar-refractivity contribution is -0.137. The first-order valence-electron chi connectivity index (χ1n) is 6.29. The quantitative estimate of drug-likeness (QED) is 0.476. The van der Waals surface area contributed by atoms with Crippen LogP contribution in [-0.2, 0) is 6.18 Å². The third kappa shape index (κ3) is 3.78. The molecule has 1 aromatic carbocycles. The summed E-state index contributed by atoms with van der Waals surface area (Å²) in [5, 5.41) is 0. The lowest BCUT2D eigenvalue weighted by Crippen LogP contribution is -2.05. The number of rotatable bonds is 3. The molecule has 0 saturated carbocycles. The summed E-state index contributed by atoms with van der Waals surface area (Å²) in [6, 6.07) is 5.99. The predicted molar refractivity (Wildman–Crippen MR) is 73.7 cm³/mol. The van der Waals surface area contributed by atoms with Crippen LogP contribution < -0.4 is 0 Å². The average molecular weight is 309 g/mol. The lowest BCUT2D eigenvalue weighted by Gasteiger charge is -2.05. The van der Waals surface area contributed by atoms with Crippen LogP contribution in [0.25, 0.3) is 6.08 Å². The second-order valence-corrected chi connectivity index (χ2v) is 4.63. The predicted octanol–water partition coefficient (Wildman–Crippen LogP) is 4.44. The van der Waals surface area contributed by atoms with Gasteiger partial charge in [-0.3, -0.25) is 9.78 Å². The molecule has 0 aliphatic heterocycles. The van der Waals surface area contributed by atoms with E-state index in [1.807, 2.05) is 0 Å². The molecule has 0 aliphatic carbocycles. The van der Waals surface area contributed by atoms with Crippen LogP contribution in [0.5, 0.6) is 0 Å². The molecule has 22 heavy (non-hydrogen) atoms. The van der Waals surface area contributed by atoms with E-state index in [9.17, 15) is 22.4 Å². The van der Waals surface area contributed by atoms with Crippen LogP contribution in [0.4, 0.5) is 17.6 Å². The third-order valence-electron chi connectivity index (χ3n) is 2.96. The number of hydrogen-bond donors (Lipinski definition) is 0. The molecule has 0 fully saturated rings. The number of alkyl halides is 3. The monoisotopic (exact) mass is 309 g/mol. The van der Waals surface area contributed by atoms with Crippen molar-refractivity contribution in [1.82, 2.24) is 4.98 Å². The smallest absolute Gasteiger partial charge is 0.289 e. The Bertz CT molecular complexity index is 718. The Balaban J connectivity index is 2.14. The number of halogens is 4. The molecule has 0 bridgehead atoms. The molecule has 114 valence electrons. The van der Waals surface area contributed by atoms with Crippen LogP contribution in [0.15, 0.2) is 42.6 Å². The maximum Gasteiger partial charge on any atom is 0.417 e. The highest BCUT2D eigenvalue weighted by Crippen LogP contribution is 2.28. The number of allylic oxidation sites excluding steroid dienone is 1.